The Labute approximate surface area is 195 Å². The van der Waals surface area contributed by atoms with Crippen molar-refractivity contribution in [3.05, 3.63) is 65.2 Å². The molecule has 1 amide bonds. The minimum Gasteiger partial charge on any atom is -0.496 e. The zero-order chi connectivity index (χ0) is 22.5. The summed E-state index contributed by atoms with van der Waals surface area (Å²) in [6.45, 7) is 4.92. The number of rotatable bonds is 6. The third-order valence-corrected chi connectivity index (χ3v) is 7.68. The van der Waals surface area contributed by atoms with Gasteiger partial charge < -0.3 is 14.7 Å². The first kappa shape index (κ1) is 22.9. The molecule has 0 aliphatic carbocycles. The van der Waals surface area contributed by atoms with E-state index in [0.29, 0.717) is 13.1 Å². The van der Waals surface area contributed by atoms with E-state index in [1.54, 1.807) is 13.2 Å². The Morgan fingerprint density at radius 1 is 1.16 bits per heavy atom. The van der Waals surface area contributed by atoms with Gasteiger partial charge in [0.15, 0.2) is 0 Å². The van der Waals surface area contributed by atoms with E-state index in [-0.39, 0.29) is 11.9 Å². The van der Waals surface area contributed by atoms with Gasteiger partial charge in [0, 0.05) is 48.8 Å². The molecule has 2 aromatic carbocycles. The molecule has 1 saturated heterocycles. The average Bonchev–Trinajstić information content (AvgIpc) is 2.86. The van der Waals surface area contributed by atoms with E-state index in [1.807, 2.05) is 47.0 Å². The lowest BCUT2D eigenvalue weighted by molar-refractivity contribution is -0.128. The van der Waals surface area contributed by atoms with Gasteiger partial charge in [0.1, 0.15) is 5.75 Å². The smallest absolute Gasteiger partial charge is 0.246 e. The number of aryl methyl sites for hydroxylation is 1. The van der Waals surface area contributed by atoms with Gasteiger partial charge in [-0.2, -0.15) is 0 Å². The van der Waals surface area contributed by atoms with Crippen LogP contribution in [0.5, 0.6) is 5.75 Å². The van der Waals surface area contributed by atoms with Gasteiger partial charge in [-0.15, -0.1) is 11.8 Å². The number of aliphatic hydroxyl groups is 1. The second kappa shape index (κ2) is 10.6. The molecular formula is C26H32N2O3S. The van der Waals surface area contributed by atoms with E-state index in [0.717, 1.165) is 36.4 Å². The highest BCUT2D eigenvalue weighted by Gasteiger charge is 2.28. The molecule has 0 bridgehead atoms. The number of amides is 1. The number of piperazine rings is 1. The Bertz CT molecular complexity index is 969. The summed E-state index contributed by atoms with van der Waals surface area (Å²) in [6.07, 6.45) is 5.21. The molecule has 32 heavy (non-hydrogen) atoms. The maximum atomic E-state index is 12.7. The molecule has 2 aliphatic rings. The number of carbonyl (C=O) groups excluding carboxylic acids is 1. The quantitative estimate of drug-likeness (QED) is 0.671. The van der Waals surface area contributed by atoms with E-state index >= 15 is 0 Å². The van der Waals surface area contributed by atoms with Crippen LogP contribution in [-0.4, -0.2) is 65.9 Å². The number of benzene rings is 2. The second-order valence-corrected chi connectivity index (χ2v) is 9.58. The molecule has 2 aliphatic heterocycles. The fourth-order valence-corrected chi connectivity index (χ4v) is 5.48. The van der Waals surface area contributed by atoms with Crippen LogP contribution < -0.4 is 4.74 Å². The summed E-state index contributed by atoms with van der Waals surface area (Å²) >= 11 is 1.91. The predicted molar refractivity (Wildman–Crippen MR) is 130 cm³/mol. The number of fused-ring (bicyclic) bond motifs is 1. The molecule has 2 atom stereocenters. The fraction of sp³-hybridized carbons (Fsp3) is 0.423. The molecule has 6 heteroatoms. The largest absolute Gasteiger partial charge is 0.496 e. The first-order valence-electron chi connectivity index (χ1n) is 11.3. The van der Waals surface area contributed by atoms with Gasteiger partial charge in [-0.05, 0) is 54.9 Å². The van der Waals surface area contributed by atoms with E-state index in [2.05, 4.69) is 30.0 Å². The summed E-state index contributed by atoms with van der Waals surface area (Å²) in [7, 11) is 1.63. The third kappa shape index (κ3) is 5.20. The van der Waals surface area contributed by atoms with Crippen LogP contribution in [0.3, 0.4) is 0 Å². The molecule has 1 fully saturated rings. The molecule has 170 valence electrons. The molecular weight excluding hydrogens is 420 g/mol. The zero-order valence-electron chi connectivity index (χ0n) is 18.9. The van der Waals surface area contributed by atoms with Gasteiger partial charge in [0.05, 0.1) is 13.2 Å². The average molecular weight is 453 g/mol. The Morgan fingerprint density at radius 2 is 1.94 bits per heavy atom. The van der Waals surface area contributed by atoms with Gasteiger partial charge in [-0.1, -0.05) is 30.3 Å². The molecule has 0 saturated carbocycles. The van der Waals surface area contributed by atoms with Crippen LogP contribution in [0, 0.1) is 0 Å². The van der Waals surface area contributed by atoms with Crippen molar-refractivity contribution < 1.29 is 14.6 Å². The highest BCUT2D eigenvalue weighted by molar-refractivity contribution is 7.99. The summed E-state index contributed by atoms with van der Waals surface area (Å²) < 4.78 is 5.35. The van der Waals surface area contributed by atoms with Crippen LogP contribution in [0.15, 0.2) is 53.4 Å². The number of carbonyl (C=O) groups is 1. The molecule has 2 heterocycles. The Morgan fingerprint density at radius 3 is 2.72 bits per heavy atom. The number of hydrogen-bond acceptors (Lipinski definition) is 5. The topological polar surface area (TPSA) is 53.0 Å². The van der Waals surface area contributed by atoms with Crippen LogP contribution in [0.25, 0.3) is 6.08 Å². The van der Waals surface area contributed by atoms with Crippen molar-refractivity contribution in [1.82, 2.24) is 9.80 Å². The summed E-state index contributed by atoms with van der Waals surface area (Å²) in [4.78, 5) is 18.2. The molecule has 0 aromatic heterocycles. The lowest BCUT2D eigenvalue weighted by Gasteiger charge is -2.39. The summed E-state index contributed by atoms with van der Waals surface area (Å²) in [5.41, 5.74) is 3.25. The van der Waals surface area contributed by atoms with Crippen LogP contribution >= 0.6 is 11.8 Å². The summed E-state index contributed by atoms with van der Waals surface area (Å²) in [5.74, 6) is 1.95. The summed E-state index contributed by atoms with van der Waals surface area (Å²) in [6, 6.07) is 14.1. The number of para-hydroxylation sites is 1. The minimum absolute atomic E-state index is 0.00525. The zero-order valence-corrected chi connectivity index (χ0v) is 19.7. The van der Waals surface area contributed by atoms with Gasteiger partial charge in [0.25, 0.3) is 0 Å². The lowest BCUT2D eigenvalue weighted by atomic mass is 9.98. The van der Waals surface area contributed by atoms with Crippen molar-refractivity contribution in [3.8, 4) is 5.75 Å². The van der Waals surface area contributed by atoms with Gasteiger partial charge in [-0.25, -0.2) is 0 Å². The van der Waals surface area contributed by atoms with Gasteiger partial charge in [0.2, 0.25) is 5.91 Å². The Balaban J connectivity index is 1.32. The molecule has 2 unspecified atom stereocenters. The molecule has 1 N–H and O–H groups in total. The molecule has 2 aromatic rings. The fourth-order valence-electron chi connectivity index (χ4n) is 4.46. The number of hydrogen-bond donors (Lipinski definition) is 1. The number of methoxy groups -OCH3 is 1. The number of thioether (sulfide) groups is 1. The normalized spacial score (nSPS) is 18.9. The first-order chi connectivity index (χ1) is 15.6. The van der Waals surface area contributed by atoms with E-state index in [1.165, 1.54) is 22.6 Å². The SMILES string of the molecule is COc1ccccc1/C=C/C(=O)N1CCN(C(C)C(O)c2ccc3c(c2)CCCS3)CC1. The standard InChI is InChI=1S/C26H32N2O3S/c1-19(26(30)22-9-11-24-21(18-22)7-5-17-32-24)27-13-15-28(16-14-27)25(29)12-10-20-6-3-4-8-23(20)31-2/h3-4,6,8-12,18-19,26,30H,5,7,13-17H2,1-2H3/b12-10+. The van der Waals surface area contributed by atoms with Crippen LogP contribution in [0.4, 0.5) is 0 Å². The molecule has 0 radical (unpaired) electrons. The van der Waals surface area contributed by atoms with E-state index in [4.69, 9.17) is 4.74 Å². The van der Waals surface area contributed by atoms with Crippen LogP contribution in [0.1, 0.15) is 36.1 Å². The van der Waals surface area contributed by atoms with Crippen molar-refractivity contribution >= 4 is 23.7 Å². The summed E-state index contributed by atoms with van der Waals surface area (Å²) in [5, 5.41) is 11.0. The van der Waals surface area contributed by atoms with Crippen LogP contribution in [-0.2, 0) is 11.2 Å². The van der Waals surface area contributed by atoms with Crippen LogP contribution in [0.2, 0.25) is 0 Å². The number of aliphatic hydroxyl groups excluding tert-OH is 1. The molecule has 5 nitrogen and oxygen atoms in total. The monoisotopic (exact) mass is 452 g/mol. The maximum absolute atomic E-state index is 12.7. The molecule has 4 rings (SSSR count). The minimum atomic E-state index is -0.528. The first-order valence-corrected chi connectivity index (χ1v) is 12.3. The van der Waals surface area contributed by atoms with Crippen molar-refractivity contribution in [1.29, 1.82) is 0 Å². The van der Waals surface area contributed by atoms with Crippen molar-refractivity contribution in [2.45, 2.75) is 36.8 Å². The van der Waals surface area contributed by atoms with Gasteiger partial charge in [-0.3, -0.25) is 9.69 Å². The lowest BCUT2D eigenvalue weighted by Crippen LogP contribution is -2.52. The molecule has 0 spiro atoms. The van der Waals surface area contributed by atoms with E-state index < -0.39 is 6.10 Å². The van der Waals surface area contributed by atoms with E-state index in [9.17, 15) is 9.90 Å². The van der Waals surface area contributed by atoms with Crippen molar-refractivity contribution in [3.63, 3.8) is 0 Å². The highest BCUT2D eigenvalue weighted by Crippen LogP contribution is 2.33. The number of ether oxygens (including phenoxy) is 1. The predicted octanol–water partition coefficient (Wildman–Crippen LogP) is 4.01. The maximum Gasteiger partial charge on any atom is 0.246 e. The second-order valence-electron chi connectivity index (χ2n) is 8.44. The van der Waals surface area contributed by atoms with Gasteiger partial charge >= 0.3 is 0 Å². The highest BCUT2D eigenvalue weighted by atomic mass is 32.2. The number of nitrogens with zero attached hydrogens (tertiary/aromatic N) is 2. The van der Waals surface area contributed by atoms with Crippen molar-refractivity contribution in [2.24, 2.45) is 0 Å². The Hall–Kier alpha value is -2.28. The Kier molecular flexibility index (Phi) is 7.55. The van der Waals surface area contributed by atoms with Crippen molar-refractivity contribution in [2.75, 3.05) is 39.0 Å². The third-order valence-electron chi connectivity index (χ3n) is 6.48.